The van der Waals surface area contributed by atoms with Crippen molar-refractivity contribution in [2.75, 3.05) is 0 Å². The summed E-state index contributed by atoms with van der Waals surface area (Å²) in [7, 11) is 1.97. The Balaban J connectivity index is 2.28. The minimum absolute atomic E-state index is 0.508. The van der Waals surface area contributed by atoms with Crippen LogP contribution in [-0.4, -0.2) is 14.8 Å². The first-order valence-electron chi connectivity index (χ1n) is 6.09. The standard InChI is InChI=1S/C14H19N3S/c1-10(2)18-12-6-4-11(5-7-12)14-13(8-15)17(3)9-16-14/h4-7,9-10H,8,15H2,1-3H3. The first kappa shape index (κ1) is 13.2. The van der Waals surface area contributed by atoms with Gasteiger partial charge in [-0.05, 0) is 12.1 Å². The van der Waals surface area contributed by atoms with E-state index in [9.17, 15) is 0 Å². The lowest BCUT2D eigenvalue weighted by Gasteiger charge is -2.06. The number of benzene rings is 1. The third-order valence-electron chi connectivity index (χ3n) is 2.75. The van der Waals surface area contributed by atoms with Crippen LogP contribution in [-0.2, 0) is 13.6 Å². The van der Waals surface area contributed by atoms with E-state index in [0.29, 0.717) is 11.8 Å². The van der Waals surface area contributed by atoms with Crippen molar-refractivity contribution in [1.29, 1.82) is 0 Å². The van der Waals surface area contributed by atoms with Gasteiger partial charge in [0.15, 0.2) is 0 Å². The average Bonchev–Trinajstić information content (AvgIpc) is 2.70. The van der Waals surface area contributed by atoms with Crippen molar-refractivity contribution in [3.63, 3.8) is 0 Å². The zero-order chi connectivity index (χ0) is 13.1. The van der Waals surface area contributed by atoms with E-state index in [2.05, 4.69) is 43.1 Å². The van der Waals surface area contributed by atoms with Crippen molar-refractivity contribution in [1.82, 2.24) is 9.55 Å². The van der Waals surface area contributed by atoms with Gasteiger partial charge in [-0.25, -0.2) is 4.98 Å². The molecule has 0 amide bonds. The topological polar surface area (TPSA) is 43.8 Å². The molecule has 2 rings (SSSR count). The van der Waals surface area contributed by atoms with Crippen LogP contribution in [0.25, 0.3) is 11.3 Å². The van der Waals surface area contributed by atoms with Gasteiger partial charge >= 0.3 is 0 Å². The maximum Gasteiger partial charge on any atom is 0.0953 e. The van der Waals surface area contributed by atoms with E-state index in [1.807, 2.05) is 29.7 Å². The third-order valence-corrected chi connectivity index (χ3v) is 3.77. The maximum atomic E-state index is 5.76. The minimum atomic E-state index is 0.508. The van der Waals surface area contributed by atoms with Gasteiger partial charge in [0, 0.05) is 29.3 Å². The molecule has 0 bridgehead atoms. The SMILES string of the molecule is CC(C)Sc1ccc(-c2ncn(C)c2CN)cc1. The van der Waals surface area contributed by atoms with Gasteiger partial charge in [-0.3, -0.25) is 0 Å². The Bertz CT molecular complexity index is 514. The summed E-state index contributed by atoms with van der Waals surface area (Å²) in [6, 6.07) is 8.53. The van der Waals surface area contributed by atoms with Gasteiger partial charge in [0.1, 0.15) is 0 Å². The first-order valence-corrected chi connectivity index (χ1v) is 6.97. The summed E-state index contributed by atoms with van der Waals surface area (Å²) in [6.07, 6.45) is 1.81. The van der Waals surface area contributed by atoms with E-state index in [1.54, 1.807) is 0 Å². The normalized spacial score (nSPS) is 11.2. The second-order valence-electron chi connectivity index (χ2n) is 4.55. The zero-order valence-electron chi connectivity index (χ0n) is 11.1. The lowest BCUT2D eigenvalue weighted by molar-refractivity contribution is 0.822. The largest absolute Gasteiger partial charge is 0.336 e. The molecule has 96 valence electrons. The molecule has 0 fully saturated rings. The van der Waals surface area contributed by atoms with Crippen LogP contribution < -0.4 is 5.73 Å². The molecule has 1 heterocycles. The number of rotatable bonds is 4. The number of hydrogen-bond donors (Lipinski definition) is 1. The highest BCUT2D eigenvalue weighted by molar-refractivity contribution is 7.99. The molecule has 4 heteroatoms. The molecular formula is C14H19N3S. The molecule has 1 aromatic carbocycles. The summed E-state index contributed by atoms with van der Waals surface area (Å²) in [6.45, 7) is 4.90. The van der Waals surface area contributed by atoms with Gasteiger partial charge in [0.05, 0.1) is 17.7 Å². The molecule has 0 saturated heterocycles. The van der Waals surface area contributed by atoms with E-state index in [0.717, 1.165) is 17.0 Å². The van der Waals surface area contributed by atoms with E-state index in [1.165, 1.54) is 4.90 Å². The molecule has 0 unspecified atom stereocenters. The highest BCUT2D eigenvalue weighted by Gasteiger charge is 2.09. The van der Waals surface area contributed by atoms with Gasteiger partial charge in [-0.1, -0.05) is 26.0 Å². The summed E-state index contributed by atoms with van der Waals surface area (Å²) in [4.78, 5) is 5.71. The van der Waals surface area contributed by atoms with Gasteiger partial charge in [-0.2, -0.15) is 0 Å². The highest BCUT2D eigenvalue weighted by Crippen LogP contribution is 2.27. The van der Waals surface area contributed by atoms with Crippen molar-refractivity contribution >= 4 is 11.8 Å². The molecule has 0 aliphatic heterocycles. The predicted molar refractivity (Wildman–Crippen MR) is 77.5 cm³/mol. The molecule has 2 N–H and O–H groups in total. The summed E-state index contributed by atoms with van der Waals surface area (Å²) >= 11 is 1.87. The second kappa shape index (κ2) is 5.59. The second-order valence-corrected chi connectivity index (χ2v) is 6.20. The number of aromatic nitrogens is 2. The Hall–Kier alpha value is -1.26. The lowest BCUT2D eigenvalue weighted by Crippen LogP contribution is -2.04. The molecule has 1 aromatic heterocycles. The Morgan fingerprint density at radius 1 is 1.28 bits per heavy atom. The van der Waals surface area contributed by atoms with Gasteiger partial charge in [-0.15, -0.1) is 11.8 Å². The highest BCUT2D eigenvalue weighted by atomic mass is 32.2. The first-order chi connectivity index (χ1) is 8.61. The van der Waals surface area contributed by atoms with Crippen molar-refractivity contribution in [3.05, 3.63) is 36.3 Å². The zero-order valence-corrected chi connectivity index (χ0v) is 11.9. The molecule has 0 aliphatic carbocycles. The fourth-order valence-corrected chi connectivity index (χ4v) is 2.74. The van der Waals surface area contributed by atoms with Gasteiger partial charge in [0.25, 0.3) is 0 Å². The van der Waals surface area contributed by atoms with E-state index >= 15 is 0 Å². The molecule has 0 atom stereocenters. The van der Waals surface area contributed by atoms with Crippen LogP contribution in [0.15, 0.2) is 35.5 Å². The van der Waals surface area contributed by atoms with Crippen molar-refractivity contribution in [2.24, 2.45) is 12.8 Å². The number of imidazole rings is 1. The predicted octanol–water partition coefficient (Wildman–Crippen LogP) is 3.05. The third kappa shape index (κ3) is 2.76. The summed E-state index contributed by atoms with van der Waals surface area (Å²) in [5.74, 6) is 0. The number of nitrogens with zero attached hydrogens (tertiary/aromatic N) is 2. The number of hydrogen-bond acceptors (Lipinski definition) is 3. The van der Waals surface area contributed by atoms with Crippen LogP contribution in [0.1, 0.15) is 19.5 Å². The molecule has 0 saturated carbocycles. The van der Waals surface area contributed by atoms with E-state index in [4.69, 9.17) is 5.73 Å². The molecule has 2 aromatic rings. The number of thioether (sulfide) groups is 1. The summed E-state index contributed by atoms with van der Waals surface area (Å²) in [5, 5.41) is 0.602. The van der Waals surface area contributed by atoms with Crippen molar-refractivity contribution in [3.8, 4) is 11.3 Å². The molecule has 0 radical (unpaired) electrons. The number of nitrogens with two attached hydrogens (primary N) is 1. The Morgan fingerprint density at radius 3 is 2.50 bits per heavy atom. The Kier molecular flexibility index (Phi) is 4.09. The molecule has 3 nitrogen and oxygen atoms in total. The smallest absolute Gasteiger partial charge is 0.0953 e. The summed E-state index contributed by atoms with van der Waals surface area (Å²) < 4.78 is 1.98. The van der Waals surface area contributed by atoms with Crippen LogP contribution in [0.5, 0.6) is 0 Å². The molecule has 18 heavy (non-hydrogen) atoms. The minimum Gasteiger partial charge on any atom is -0.336 e. The quantitative estimate of drug-likeness (QED) is 0.860. The van der Waals surface area contributed by atoms with E-state index in [-0.39, 0.29) is 0 Å². The fourth-order valence-electron chi connectivity index (χ4n) is 1.90. The van der Waals surface area contributed by atoms with Crippen LogP contribution in [0.2, 0.25) is 0 Å². The monoisotopic (exact) mass is 261 g/mol. The van der Waals surface area contributed by atoms with Crippen LogP contribution >= 0.6 is 11.8 Å². The number of aryl methyl sites for hydroxylation is 1. The lowest BCUT2D eigenvalue weighted by atomic mass is 10.1. The molecular weight excluding hydrogens is 242 g/mol. The van der Waals surface area contributed by atoms with Crippen LogP contribution in [0, 0.1) is 0 Å². The Morgan fingerprint density at radius 2 is 1.94 bits per heavy atom. The molecule has 0 aliphatic rings. The van der Waals surface area contributed by atoms with Crippen LogP contribution in [0.4, 0.5) is 0 Å². The van der Waals surface area contributed by atoms with Crippen molar-refractivity contribution < 1.29 is 0 Å². The summed E-state index contributed by atoms with van der Waals surface area (Å²) in [5.41, 5.74) is 8.95. The fraction of sp³-hybridized carbons (Fsp3) is 0.357. The average molecular weight is 261 g/mol. The van der Waals surface area contributed by atoms with Gasteiger partial charge in [0.2, 0.25) is 0 Å². The van der Waals surface area contributed by atoms with Gasteiger partial charge < -0.3 is 10.3 Å². The maximum absolute atomic E-state index is 5.76. The molecule has 0 spiro atoms. The Labute approximate surface area is 112 Å². The van der Waals surface area contributed by atoms with E-state index < -0.39 is 0 Å². The van der Waals surface area contributed by atoms with Crippen molar-refractivity contribution in [2.45, 2.75) is 30.5 Å². The van der Waals surface area contributed by atoms with Crippen LogP contribution in [0.3, 0.4) is 0 Å².